The third-order valence-corrected chi connectivity index (χ3v) is 2.90. The van der Waals surface area contributed by atoms with Crippen molar-refractivity contribution < 1.29 is 14.3 Å². The van der Waals surface area contributed by atoms with E-state index in [2.05, 4.69) is 12.2 Å². The maximum Gasteiger partial charge on any atom is 0.220 e. The molecule has 0 heterocycles. The van der Waals surface area contributed by atoms with E-state index in [1.807, 2.05) is 31.2 Å². The minimum atomic E-state index is 0.0904. The molecule has 1 amide bonds. The fourth-order valence-corrected chi connectivity index (χ4v) is 1.54. The first kappa shape index (κ1) is 15.3. The Morgan fingerprint density at radius 3 is 2.47 bits per heavy atom. The van der Waals surface area contributed by atoms with Gasteiger partial charge >= 0.3 is 0 Å². The molecular weight excluding hydrogens is 242 g/mol. The molecular formula is C15H23NO3. The molecule has 0 aliphatic carbocycles. The van der Waals surface area contributed by atoms with Gasteiger partial charge in [0.1, 0.15) is 11.5 Å². The van der Waals surface area contributed by atoms with E-state index < -0.39 is 0 Å². The summed E-state index contributed by atoms with van der Waals surface area (Å²) in [5.41, 5.74) is 0. The lowest BCUT2D eigenvalue weighted by Gasteiger charge is -2.11. The Morgan fingerprint density at radius 2 is 1.89 bits per heavy atom. The van der Waals surface area contributed by atoms with Crippen LogP contribution in [0.1, 0.15) is 33.1 Å². The van der Waals surface area contributed by atoms with Crippen molar-refractivity contribution in [3.63, 3.8) is 0 Å². The SMILES string of the molecule is CCC(C)NC(=O)CCCOc1ccc(OC)cc1. The predicted octanol–water partition coefficient (Wildman–Crippen LogP) is 2.77. The van der Waals surface area contributed by atoms with Gasteiger partial charge in [-0.25, -0.2) is 0 Å². The van der Waals surface area contributed by atoms with Crippen molar-refractivity contribution in [2.45, 2.75) is 39.2 Å². The van der Waals surface area contributed by atoms with E-state index in [0.717, 1.165) is 17.9 Å². The maximum atomic E-state index is 11.5. The molecule has 1 aromatic carbocycles. The normalized spacial score (nSPS) is 11.7. The minimum Gasteiger partial charge on any atom is -0.497 e. The van der Waals surface area contributed by atoms with E-state index in [-0.39, 0.29) is 11.9 Å². The molecule has 1 rings (SSSR count). The van der Waals surface area contributed by atoms with Gasteiger partial charge in [0.05, 0.1) is 13.7 Å². The Morgan fingerprint density at radius 1 is 1.26 bits per heavy atom. The fourth-order valence-electron chi connectivity index (χ4n) is 1.54. The number of ether oxygens (including phenoxy) is 2. The van der Waals surface area contributed by atoms with Crippen LogP contribution >= 0.6 is 0 Å². The van der Waals surface area contributed by atoms with Gasteiger partial charge in [0.25, 0.3) is 0 Å². The molecule has 0 bridgehead atoms. The van der Waals surface area contributed by atoms with Crippen molar-refractivity contribution in [2.75, 3.05) is 13.7 Å². The Kier molecular flexibility index (Phi) is 6.79. The van der Waals surface area contributed by atoms with Gasteiger partial charge in [0.15, 0.2) is 0 Å². The summed E-state index contributed by atoms with van der Waals surface area (Å²) in [6, 6.07) is 7.67. The third-order valence-electron chi connectivity index (χ3n) is 2.90. The van der Waals surface area contributed by atoms with Crippen molar-refractivity contribution in [1.29, 1.82) is 0 Å². The molecule has 4 nitrogen and oxygen atoms in total. The molecule has 0 saturated carbocycles. The molecule has 0 saturated heterocycles. The second-order valence-corrected chi connectivity index (χ2v) is 4.50. The lowest BCUT2D eigenvalue weighted by Crippen LogP contribution is -2.31. The summed E-state index contributed by atoms with van der Waals surface area (Å²) in [4.78, 5) is 11.5. The summed E-state index contributed by atoms with van der Waals surface area (Å²) >= 11 is 0. The Bertz CT molecular complexity index is 375. The van der Waals surface area contributed by atoms with Gasteiger partial charge < -0.3 is 14.8 Å². The lowest BCUT2D eigenvalue weighted by molar-refractivity contribution is -0.121. The summed E-state index contributed by atoms with van der Waals surface area (Å²) in [6.45, 7) is 4.60. The Labute approximate surface area is 115 Å². The molecule has 0 aliphatic rings. The van der Waals surface area contributed by atoms with E-state index in [9.17, 15) is 4.79 Å². The molecule has 1 aromatic rings. The molecule has 106 valence electrons. The van der Waals surface area contributed by atoms with Crippen LogP contribution in [0.3, 0.4) is 0 Å². The Hall–Kier alpha value is -1.71. The number of hydrogen-bond acceptors (Lipinski definition) is 3. The van der Waals surface area contributed by atoms with Gasteiger partial charge in [-0.1, -0.05) is 6.92 Å². The van der Waals surface area contributed by atoms with Crippen LogP contribution in [-0.4, -0.2) is 25.7 Å². The highest BCUT2D eigenvalue weighted by atomic mass is 16.5. The number of carbonyl (C=O) groups is 1. The summed E-state index contributed by atoms with van der Waals surface area (Å²) in [5.74, 6) is 1.69. The quantitative estimate of drug-likeness (QED) is 0.735. The van der Waals surface area contributed by atoms with Gasteiger partial charge in [-0.15, -0.1) is 0 Å². The molecule has 0 spiro atoms. The average molecular weight is 265 g/mol. The highest BCUT2D eigenvalue weighted by Gasteiger charge is 2.05. The zero-order chi connectivity index (χ0) is 14.1. The number of hydrogen-bond donors (Lipinski definition) is 1. The lowest BCUT2D eigenvalue weighted by atomic mass is 10.2. The first-order valence-electron chi connectivity index (χ1n) is 6.72. The van der Waals surface area contributed by atoms with Crippen molar-refractivity contribution in [3.05, 3.63) is 24.3 Å². The summed E-state index contributed by atoms with van der Waals surface area (Å²) in [5, 5.41) is 2.93. The van der Waals surface area contributed by atoms with Crippen molar-refractivity contribution >= 4 is 5.91 Å². The summed E-state index contributed by atoms with van der Waals surface area (Å²) < 4.78 is 10.6. The number of methoxy groups -OCH3 is 1. The highest BCUT2D eigenvalue weighted by Crippen LogP contribution is 2.17. The number of benzene rings is 1. The molecule has 1 unspecified atom stereocenters. The summed E-state index contributed by atoms with van der Waals surface area (Å²) in [7, 11) is 1.63. The molecule has 0 radical (unpaired) electrons. The highest BCUT2D eigenvalue weighted by molar-refractivity contribution is 5.76. The van der Waals surface area contributed by atoms with Crippen LogP contribution in [0.15, 0.2) is 24.3 Å². The van der Waals surface area contributed by atoms with E-state index in [1.165, 1.54) is 0 Å². The number of rotatable bonds is 8. The van der Waals surface area contributed by atoms with Crippen molar-refractivity contribution in [1.82, 2.24) is 5.32 Å². The van der Waals surface area contributed by atoms with Crippen LogP contribution in [-0.2, 0) is 4.79 Å². The average Bonchev–Trinajstić information content (AvgIpc) is 2.44. The molecule has 0 aliphatic heterocycles. The van der Waals surface area contributed by atoms with Crippen molar-refractivity contribution in [3.8, 4) is 11.5 Å². The molecule has 1 atom stereocenters. The minimum absolute atomic E-state index is 0.0904. The van der Waals surface area contributed by atoms with Crippen LogP contribution in [0.4, 0.5) is 0 Å². The zero-order valence-corrected chi connectivity index (χ0v) is 11.9. The van der Waals surface area contributed by atoms with E-state index in [0.29, 0.717) is 19.4 Å². The van der Waals surface area contributed by atoms with Gasteiger partial charge in [0, 0.05) is 12.5 Å². The maximum absolute atomic E-state index is 11.5. The topological polar surface area (TPSA) is 47.6 Å². The summed E-state index contributed by atoms with van der Waals surface area (Å²) in [6.07, 6.45) is 2.17. The van der Waals surface area contributed by atoms with E-state index in [4.69, 9.17) is 9.47 Å². The molecule has 19 heavy (non-hydrogen) atoms. The Balaban J connectivity index is 2.17. The smallest absolute Gasteiger partial charge is 0.220 e. The number of carbonyl (C=O) groups excluding carboxylic acids is 1. The van der Waals surface area contributed by atoms with Crippen LogP contribution in [0, 0.1) is 0 Å². The predicted molar refractivity (Wildman–Crippen MR) is 75.6 cm³/mol. The van der Waals surface area contributed by atoms with Gasteiger partial charge in [-0.3, -0.25) is 4.79 Å². The standard InChI is InChI=1S/C15H23NO3/c1-4-12(2)16-15(17)6-5-11-19-14-9-7-13(18-3)8-10-14/h7-10,12H,4-6,11H2,1-3H3,(H,16,17). The second kappa shape index (κ2) is 8.40. The van der Waals surface area contributed by atoms with E-state index >= 15 is 0 Å². The van der Waals surface area contributed by atoms with Gasteiger partial charge in [-0.05, 0) is 44.0 Å². The van der Waals surface area contributed by atoms with Gasteiger partial charge in [-0.2, -0.15) is 0 Å². The zero-order valence-electron chi connectivity index (χ0n) is 11.9. The van der Waals surface area contributed by atoms with E-state index in [1.54, 1.807) is 7.11 Å². The molecule has 4 heteroatoms. The van der Waals surface area contributed by atoms with Crippen LogP contribution < -0.4 is 14.8 Å². The van der Waals surface area contributed by atoms with Crippen LogP contribution in [0.25, 0.3) is 0 Å². The molecule has 1 N–H and O–H groups in total. The molecule has 0 aromatic heterocycles. The van der Waals surface area contributed by atoms with Gasteiger partial charge in [0.2, 0.25) is 5.91 Å². The largest absolute Gasteiger partial charge is 0.497 e. The number of nitrogens with one attached hydrogen (secondary N) is 1. The van der Waals surface area contributed by atoms with Crippen molar-refractivity contribution in [2.24, 2.45) is 0 Å². The molecule has 0 fully saturated rings. The van der Waals surface area contributed by atoms with Crippen LogP contribution in [0.2, 0.25) is 0 Å². The fraction of sp³-hybridized carbons (Fsp3) is 0.533. The third kappa shape index (κ3) is 6.13. The van der Waals surface area contributed by atoms with Crippen LogP contribution in [0.5, 0.6) is 11.5 Å². The first-order valence-corrected chi connectivity index (χ1v) is 6.72. The monoisotopic (exact) mass is 265 g/mol. The second-order valence-electron chi connectivity index (χ2n) is 4.50. The number of amides is 1. The first-order chi connectivity index (χ1) is 9.15.